The van der Waals surface area contributed by atoms with Crippen molar-refractivity contribution in [3.63, 3.8) is 0 Å². The van der Waals surface area contributed by atoms with E-state index in [1.165, 1.54) is 12.5 Å². The lowest BCUT2D eigenvalue weighted by Crippen LogP contribution is -3.08. The fourth-order valence-corrected chi connectivity index (χ4v) is 2.53. The average molecular weight is 292 g/mol. The normalized spacial score (nSPS) is 16.9. The SMILES string of the molecule is C=CCn1c([O-])c(/C(C)=N/[NH+]2CCCCC2)c(=O)[nH]c1=O. The Morgan fingerprint density at radius 2 is 2.10 bits per heavy atom. The highest BCUT2D eigenvalue weighted by Crippen LogP contribution is 2.07. The fraction of sp³-hybridized carbons (Fsp3) is 0.500. The molecule has 2 rings (SSSR count). The van der Waals surface area contributed by atoms with Gasteiger partial charge in [-0.25, -0.2) is 9.80 Å². The Balaban J connectivity index is 2.44. The largest absolute Gasteiger partial charge is 0.859 e. The van der Waals surface area contributed by atoms with Crippen LogP contribution in [0.4, 0.5) is 0 Å². The smallest absolute Gasteiger partial charge is 0.328 e. The van der Waals surface area contributed by atoms with Gasteiger partial charge in [-0.1, -0.05) is 11.2 Å². The van der Waals surface area contributed by atoms with Crippen molar-refractivity contribution in [3.05, 3.63) is 39.1 Å². The predicted octanol–water partition coefficient (Wildman–Crippen LogP) is -1.41. The third kappa shape index (κ3) is 3.30. The minimum atomic E-state index is -0.716. The van der Waals surface area contributed by atoms with Crippen LogP contribution in [0.2, 0.25) is 0 Å². The summed E-state index contributed by atoms with van der Waals surface area (Å²) in [5.74, 6) is -0.610. The number of aromatic nitrogens is 2. The maximum absolute atomic E-state index is 12.3. The van der Waals surface area contributed by atoms with E-state index in [2.05, 4.69) is 16.7 Å². The Kier molecular flexibility index (Phi) is 4.74. The lowest BCUT2D eigenvalue weighted by atomic mass is 10.2. The Bertz CT molecular complexity index is 666. The van der Waals surface area contributed by atoms with E-state index in [9.17, 15) is 14.7 Å². The summed E-state index contributed by atoms with van der Waals surface area (Å²) in [4.78, 5) is 25.7. The molecule has 0 unspecified atom stereocenters. The summed E-state index contributed by atoms with van der Waals surface area (Å²) in [6, 6.07) is 0. The molecular formula is C14H20N4O3. The maximum Gasteiger partial charge on any atom is 0.328 e. The maximum atomic E-state index is 12.3. The summed E-state index contributed by atoms with van der Waals surface area (Å²) in [5, 5.41) is 17.7. The average Bonchev–Trinajstić information content (AvgIpc) is 2.44. The van der Waals surface area contributed by atoms with E-state index in [1.807, 2.05) is 0 Å². The van der Waals surface area contributed by atoms with Crippen LogP contribution in [-0.4, -0.2) is 28.4 Å². The van der Waals surface area contributed by atoms with Crippen molar-refractivity contribution in [3.8, 4) is 5.88 Å². The topological polar surface area (TPSA) is 94.7 Å². The number of H-pyrrole nitrogens is 1. The molecule has 1 aromatic rings. The molecule has 2 heterocycles. The van der Waals surface area contributed by atoms with Crippen molar-refractivity contribution in [2.24, 2.45) is 5.10 Å². The number of piperidine rings is 1. The first-order chi connectivity index (χ1) is 10.0. The van der Waals surface area contributed by atoms with Crippen molar-refractivity contribution in [2.75, 3.05) is 13.1 Å². The molecule has 0 saturated carbocycles. The molecule has 0 bridgehead atoms. The summed E-state index contributed by atoms with van der Waals surface area (Å²) < 4.78 is 0.953. The summed E-state index contributed by atoms with van der Waals surface area (Å²) >= 11 is 0. The van der Waals surface area contributed by atoms with Crippen molar-refractivity contribution < 1.29 is 10.1 Å². The third-order valence-electron chi connectivity index (χ3n) is 3.58. The van der Waals surface area contributed by atoms with Crippen LogP contribution in [-0.2, 0) is 6.54 Å². The van der Waals surface area contributed by atoms with Crippen LogP contribution in [0.1, 0.15) is 31.7 Å². The minimum absolute atomic E-state index is 0.0606. The zero-order valence-electron chi connectivity index (χ0n) is 12.1. The number of aromatic amines is 1. The van der Waals surface area contributed by atoms with E-state index in [0.29, 0.717) is 5.71 Å². The number of hydrogen-bond acceptors (Lipinski definition) is 4. The lowest BCUT2D eigenvalue weighted by molar-refractivity contribution is -0.911. The molecule has 0 radical (unpaired) electrons. The first-order valence-corrected chi connectivity index (χ1v) is 7.10. The Morgan fingerprint density at radius 3 is 2.71 bits per heavy atom. The highest BCUT2D eigenvalue weighted by atomic mass is 16.3. The van der Waals surface area contributed by atoms with Gasteiger partial charge in [0.1, 0.15) is 18.8 Å². The molecule has 7 heteroatoms. The molecule has 0 aromatic carbocycles. The second-order valence-electron chi connectivity index (χ2n) is 5.16. The van der Waals surface area contributed by atoms with Crippen molar-refractivity contribution in [1.82, 2.24) is 9.55 Å². The van der Waals surface area contributed by atoms with Crippen LogP contribution in [0.3, 0.4) is 0 Å². The van der Waals surface area contributed by atoms with Crippen LogP contribution in [0.5, 0.6) is 5.88 Å². The van der Waals surface area contributed by atoms with E-state index in [-0.39, 0.29) is 12.1 Å². The van der Waals surface area contributed by atoms with Crippen molar-refractivity contribution >= 4 is 5.71 Å². The summed E-state index contributed by atoms with van der Waals surface area (Å²) in [7, 11) is 0. The van der Waals surface area contributed by atoms with Gasteiger partial charge in [0.2, 0.25) is 0 Å². The lowest BCUT2D eigenvalue weighted by Gasteiger charge is -2.21. The summed E-state index contributed by atoms with van der Waals surface area (Å²) in [6.45, 7) is 7.00. The second-order valence-corrected chi connectivity index (χ2v) is 5.16. The molecule has 7 nitrogen and oxygen atoms in total. The van der Waals surface area contributed by atoms with E-state index in [0.717, 1.165) is 35.5 Å². The number of rotatable bonds is 4. The first kappa shape index (κ1) is 15.2. The molecule has 2 N–H and O–H groups in total. The quantitative estimate of drug-likeness (QED) is 0.527. The van der Waals surface area contributed by atoms with E-state index >= 15 is 0 Å². The predicted molar refractivity (Wildman–Crippen MR) is 77.7 cm³/mol. The van der Waals surface area contributed by atoms with Gasteiger partial charge in [-0.3, -0.25) is 9.78 Å². The van der Waals surface area contributed by atoms with Crippen molar-refractivity contribution in [2.45, 2.75) is 32.7 Å². The molecular weight excluding hydrogens is 272 g/mol. The summed E-state index contributed by atoms with van der Waals surface area (Å²) in [6.07, 6.45) is 4.80. The Labute approximate surface area is 122 Å². The zero-order valence-corrected chi connectivity index (χ0v) is 12.1. The van der Waals surface area contributed by atoms with Gasteiger partial charge in [-0.05, 0) is 32.1 Å². The molecule has 21 heavy (non-hydrogen) atoms. The molecule has 1 aliphatic heterocycles. The van der Waals surface area contributed by atoms with Crippen molar-refractivity contribution in [1.29, 1.82) is 0 Å². The van der Waals surface area contributed by atoms with Gasteiger partial charge in [-0.2, -0.15) is 0 Å². The van der Waals surface area contributed by atoms with Gasteiger partial charge < -0.3 is 9.67 Å². The molecule has 0 aliphatic carbocycles. The van der Waals surface area contributed by atoms with Gasteiger partial charge in [0.05, 0.1) is 5.56 Å². The molecule has 1 fully saturated rings. The number of quaternary nitrogens is 1. The van der Waals surface area contributed by atoms with Gasteiger partial charge in [-0.15, -0.1) is 6.58 Å². The van der Waals surface area contributed by atoms with Crippen LogP contribution < -0.4 is 21.4 Å². The molecule has 0 spiro atoms. The van der Waals surface area contributed by atoms with Crippen LogP contribution >= 0.6 is 0 Å². The molecule has 0 amide bonds. The minimum Gasteiger partial charge on any atom is -0.859 e. The standard InChI is InChI=1S/C14H20N4O3/c1-3-7-18-13(20)11(12(19)15-14(18)21)10(2)16-17-8-5-4-6-9-17/h3,20H,1,4-9H2,2H3,(H,15,19,21)/b16-10+. The van der Waals surface area contributed by atoms with Crippen LogP contribution in [0, 0.1) is 0 Å². The summed E-state index contributed by atoms with van der Waals surface area (Å²) in [5.41, 5.74) is -1.08. The molecule has 114 valence electrons. The number of hydrogen-bond donors (Lipinski definition) is 2. The van der Waals surface area contributed by atoms with Crippen LogP contribution in [0.15, 0.2) is 27.3 Å². The molecule has 1 aliphatic rings. The Hall–Kier alpha value is -2.15. The van der Waals surface area contributed by atoms with Gasteiger partial charge in [0.25, 0.3) is 5.56 Å². The van der Waals surface area contributed by atoms with Gasteiger partial charge >= 0.3 is 5.69 Å². The highest BCUT2D eigenvalue weighted by Gasteiger charge is 2.16. The fourth-order valence-electron chi connectivity index (χ4n) is 2.53. The third-order valence-corrected chi connectivity index (χ3v) is 3.58. The second kappa shape index (κ2) is 6.53. The zero-order chi connectivity index (χ0) is 15.4. The number of allylic oxidation sites excluding steroid dienone is 1. The number of nitrogens with one attached hydrogen (secondary N) is 2. The van der Waals surface area contributed by atoms with E-state index in [4.69, 9.17) is 0 Å². The van der Waals surface area contributed by atoms with Gasteiger partial charge in [0, 0.05) is 6.54 Å². The van der Waals surface area contributed by atoms with Gasteiger partial charge in [0.15, 0.2) is 0 Å². The monoisotopic (exact) mass is 292 g/mol. The molecule has 0 atom stereocenters. The Morgan fingerprint density at radius 1 is 1.43 bits per heavy atom. The molecule has 1 saturated heterocycles. The number of nitrogens with zero attached hydrogens (tertiary/aromatic N) is 2. The molecule has 1 aromatic heterocycles. The first-order valence-electron chi connectivity index (χ1n) is 7.10. The van der Waals surface area contributed by atoms with Crippen LogP contribution in [0.25, 0.3) is 0 Å². The highest BCUT2D eigenvalue weighted by molar-refractivity contribution is 5.99. The van der Waals surface area contributed by atoms with E-state index in [1.54, 1.807) is 6.92 Å². The van der Waals surface area contributed by atoms with E-state index < -0.39 is 17.1 Å².